The molecule has 1 nitrogen and oxygen atoms in total. The van der Waals surface area contributed by atoms with Crippen molar-refractivity contribution in [3.05, 3.63) is 48.0 Å². The highest BCUT2D eigenvalue weighted by Gasteiger charge is 2.21. The monoisotopic (exact) mass is 202 g/mol. The fourth-order valence-electron chi connectivity index (χ4n) is 2.12. The Hall–Kier alpha value is -1.08. The lowest BCUT2D eigenvalue weighted by Gasteiger charge is -2.10. The average Bonchev–Trinajstić information content (AvgIpc) is 2.68. The van der Waals surface area contributed by atoms with Gasteiger partial charge in [-0.05, 0) is 30.4 Å². The van der Waals surface area contributed by atoms with Gasteiger partial charge in [-0.1, -0.05) is 36.8 Å². The minimum absolute atomic E-state index is 0.339. The van der Waals surface area contributed by atoms with Gasteiger partial charge >= 0.3 is 0 Å². The van der Waals surface area contributed by atoms with Crippen molar-refractivity contribution in [3.63, 3.8) is 0 Å². The number of allylic oxidation sites excluding steroid dienone is 1. The summed E-state index contributed by atoms with van der Waals surface area (Å²) in [6.07, 6.45) is 7.05. The molecule has 0 saturated carbocycles. The highest BCUT2D eigenvalue weighted by molar-refractivity contribution is 5.31. The van der Waals surface area contributed by atoms with Crippen molar-refractivity contribution in [1.29, 1.82) is 0 Å². The Morgan fingerprint density at radius 2 is 2.20 bits per heavy atom. The predicted molar refractivity (Wildman–Crippen MR) is 62.6 cm³/mol. The van der Waals surface area contributed by atoms with Gasteiger partial charge in [-0.25, -0.2) is 0 Å². The third-order valence-electron chi connectivity index (χ3n) is 2.97. The Morgan fingerprint density at radius 3 is 3.07 bits per heavy atom. The van der Waals surface area contributed by atoms with E-state index in [0.717, 1.165) is 19.4 Å². The molecule has 1 aliphatic rings. The maximum absolute atomic E-state index is 5.78. The van der Waals surface area contributed by atoms with E-state index in [1.165, 1.54) is 24.0 Å². The van der Waals surface area contributed by atoms with Crippen LogP contribution in [0.25, 0.3) is 0 Å². The molecule has 1 heteroatoms. The molecule has 0 bridgehead atoms. The summed E-state index contributed by atoms with van der Waals surface area (Å²) in [5, 5.41) is 0. The number of rotatable bonds is 5. The molecule has 0 spiro atoms. The van der Waals surface area contributed by atoms with Crippen LogP contribution in [-0.2, 0) is 11.3 Å². The summed E-state index contributed by atoms with van der Waals surface area (Å²) < 4.78 is 5.78. The van der Waals surface area contributed by atoms with Gasteiger partial charge in [-0.3, -0.25) is 0 Å². The fraction of sp³-hybridized carbons (Fsp3) is 0.429. The van der Waals surface area contributed by atoms with Gasteiger partial charge in [0.2, 0.25) is 0 Å². The van der Waals surface area contributed by atoms with E-state index in [1.54, 1.807) is 0 Å². The molecule has 1 atom stereocenters. The van der Waals surface area contributed by atoms with Crippen LogP contribution in [0.1, 0.15) is 42.9 Å². The highest BCUT2D eigenvalue weighted by Crippen LogP contribution is 2.33. The summed E-state index contributed by atoms with van der Waals surface area (Å²) in [6, 6.07) is 8.55. The molecule has 1 aliphatic heterocycles. The van der Waals surface area contributed by atoms with E-state index in [1.807, 2.05) is 6.08 Å². The summed E-state index contributed by atoms with van der Waals surface area (Å²) in [5.74, 6) is 0. The van der Waals surface area contributed by atoms with E-state index in [9.17, 15) is 0 Å². The number of ether oxygens (including phenoxy) is 1. The van der Waals surface area contributed by atoms with Gasteiger partial charge in [0.25, 0.3) is 0 Å². The molecule has 0 N–H and O–H groups in total. The molecule has 1 aromatic rings. The lowest BCUT2D eigenvalue weighted by Crippen LogP contribution is -1.95. The normalized spacial score (nSPS) is 18.8. The van der Waals surface area contributed by atoms with Crippen LogP contribution in [0.3, 0.4) is 0 Å². The van der Waals surface area contributed by atoms with E-state index < -0.39 is 0 Å². The zero-order chi connectivity index (χ0) is 10.5. The molecule has 1 heterocycles. The highest BCUT2D eigenvalue weighted by atomic mass is 16.5. The maximum atomic E-state index is 5.78. The molecule has 1 aromatic carbocycles. The molecule has 2 rings (SSSR count). The largest absolute Gasteiger partial charge is 0.369 e. The van der Waals surface area contributed by atoms with Crippen LogP contribution in [-0.4, -0.2) is 0 Å². The van der Waals surface area contributed by atoms with Crippen LogP contribution >= 0.6 is 0 Å². The van der Waals surface area contributed by atoms with E-state index >= 15 is 0 Å². The Balaban J connectivity index is 1.88. The molecule has 0 amide bonds. The summed E-state index contributed by atoms with van der Waals surface area (Å²) in [4.78, 5) is 0. The maximum Gasteiger partial charge on any atom is 0.0833 e. The van der Waals surface area contributed by atoms with Crippen molar-refractivity contribution >= 4 is 0 Å². The van der Waals surface area contributed by atoms with Gasteiger partial charge in [0.1, 0.15) is 0 Å². The van der Waals surface area contributed by atoms with Crippen molar-refractivity contribution in [1.82, 2.24) is 0 Å². The van der Waals surface area contributed by atoms with Gasteiger partial charge in [0.05, 0.1) is 12.7 Å². The van der Waals surface area contributed by atoms with Crippen LogP contribution in [0, 0.1) is 0 Å². The van der Waals surface area contributed by atoms with E-state index in [4.69, 9.17) is 4.74 Å². The van der Waals surface area contributed by atoms with Crippen molar-refractivity contribution in [2.45, 2.75) is 38.4 Å². The molecular formula is C14H18O. The number of hydrogen-bond donors (Lipinski definition) is 0. The molecule has 0 fully saturated rings. The summed E-state index contributed by atoms with van der Waals surface area (Å²) in [5.41, 5.74) is 2.77. The molecular weight excluding hydrogens is 184 g/mol. The third kappa shape index (κ3) is 2.48. The first kappa shape index (κ1) is 10.4. The van der Waals surface area contributed by atoms with Crippen molar-refractivity contribution < 1.29 is 4.74 Å². The van der Waals surface area contributed by atoms with Crippen LogP contribution in [0.15, 0.2) is 36.9 Å². The Bertz CT molecular complexity index is 330. The Labute approximate surface area is 91.8 Å². The lowest BCUT2D eigenvalue weighted by molar-refractivity contribution is 0.0584. The van der Waals surface area contributed by atoms with E-state index in [2.05, 4.69) is 30.8 Å². The van der Waals surface area contributed by atoms with Crippen LogP contribution in [0.2, 0.25) is 0 Å². The first-order valence-electron chi connectivity index (χ1n) is 5.72. The topological polar surface area (TPSA) is 9.23 Å². The molecule has 0 saturated heterocycles. The van der Waals surface area contributed by atoms with Gasteiger partial charge in [-0.15, -0.1) is 6.58 Å². The second kappa shape index (κ2) is 5.13. The van der Waals surface area contributed by atoms with Crippen molar-refractivity contribution in [2.75, 3.05) is 0 Å². The second-order valence-corrected chi connectivity index (χ2v) is 4.07. The minimum atomic E-state index is 0.339. The minimum Gasteiger partial charge on any atom is -0.369 e. The first-order valence-corrected chi connectivity index (χ1v) is 5.72. The lowest BCUT2D eigenvalue weighted by atomic mass is 10.0. The molecule has 0 aromatic heterocycles. The second-order valence-electron chi connectivity index (χ2n) is 4.07. The van der Waals surface area contributed by atoms with Crippen LogP contribution in [0.5, 0.6) is 0 Å². The van der Waals surface area contributed by atoms with Crippen LogP contribution in [0.4, 0.5) is 0 Å². The third-order valence-corrected chi connectivity index (χ3v) is 2.97. The number of hydrogen-bond acceptors (Lipinski definition) is 1. The summed E-state index contributed by atoms with van der Waals surface area (Å²) >= 11 is 0. The summed E-state index contributed by atoms with van der Waals surface area (Å²) in [6.45, 7) is 4.53. The fourth-order valence-corrected chi connectivity index (χ4v) is 2.12. The SMILES string of the molecule is C=CCCCCC1OCc2ccccc21. The van der Waals surface area contributed by atoms with E-state index in [0.29, 0.717) is 6.10 Å². The zero-order valence-electron chi connectivity index (χ0n) is 9.11. The quantitative estimate of drug-likeness (QED) is 0.518. The molecule has 0 aliphatic carbocycles. The van der Waals surface area contributed by atoms with Crippen molar-refractivity contribution in [3.8, 4) is 0 Å². The van der Waals surface area contributed by atoms with Gasteiger partial charge in [0, 0.05) is 0 Å². The zero-order valence-corrected chi connectivity index (χ0v) is 9.11. The van der Waals surface area contributed by atoms with Crippen molar-refractivity contribution in [2.24, 2.45) is 0 Å². The number of fused-ring (bicyclic) bond motifs is 1. The Morgan fingerprint density at radius 1 is 1.33 bits per heavy atom. The molecule has 0 radical (unpaired) electrons. The number of benzene rings is 1. The number of unbranched alkanes of at least 4 members (excludes halogenated alkanes) is 2. The average molecular weight is 202 g/mol. The summed E-state index contributed by atoms with van der Waals surface area (Å²) in [7, 11) is 0. The molecule has 80 valence electrons. The van der Waals surface area contributed by atoms with Gasteiger partial charge in [-0.2, -0.15) is 0 Å². The standard InChI is InChI=1S/C14H18O/c1-2-3-4-5-10-14-13-9-7-6-8-12(13)11-15-14/h2,6-9,14H,1,3-5,10-11H2. The smallest absolute Gasteiger partial charge is 0.0833 e. The Kier molecular flexibility index (Phi) is 3.57. The van der Waals surface area contributed by atoms with Gasteiger partial charge < -0.3 is 4.74 Å². The first-order chi connectivity index (χ1) is 7.42. The molecule has 15 heavy (non-hydrogen) atoms. The predicted octanol–water partition coefficient (Wildman–Crippen LogP) is 4.00. The van der Waals surface area contributed by atoms with Gasteiger partial charge in [0.15, 0.2) is 0 Å². The van der Waals surface area contributed by atoms with Crippen LogP contribution < -0.4 is 0 Å². The molecule has 1 unspecified atom stereocenters. The van der Waals surface area contributed by atoms with E-state index in [-0.39, 0.29) is 0 Å².